The molecule has 5 saturated carbocycles. The van der Waals surface area contributed by atoms with E-state index in [9.17, 15) is 9.00 Å². The van der Waals surface area contributed by atoms with Gasteiger partial charge in [0.1, 0.15) is 6.61 Å². The molecule has 1 heterocycles. The molecular formula is C27H34N2O4S. The molecule has 4 bridgehead atoms. The minimum absolute atomic E-state index is 0.0123. The van der Waals surface area contributed by atoms with Crippen LogP contribution in [0.2, 0.25) is 0 Å². The third kappa shape index (κ3) is 4.32. The van der Waals surface area contributed by atoms with Crippen LogP contribution in [0, 0.1) is 17.8 Å². The molecule has 7 heteroatoms. The van der Waals surface area contributed by atoms with Crippen molar-refractivity contribution in [1.82, 2.24) is 10.5 Å². The summed E-state index contributed by atoms with van der Waals surface area (Å²) in [7, 11) is -1.40. The molecule has 5 aliphatic carbocycles. The Morgan fingerprint density at radius 2 is 1.68 bits per heavy atom. The first-order valence-corrected chi connectivity index (χ1v) is 14.2. The van der Waals surface area contributed by atoms with Gasteiger partial charge >= 0.3 is 0 Å². The van der Waals surface area contributed by atoms with E-state index in [1.165, 1.54) is 25.7 Å². The summed E-state index contributed by atoms with van der Waals surface area (Å²) in [4.78, 5) is 13.9. The second-order valence-electron chi connectivity index (χ2n) is 11.1. The Hall–Kier alpha value is -2.15. The maximum absolute atomic E-state index is 13.7. The molecule has 0 aliphatic heterocycles. The Bertz CT molecular complexity index is 1020. The van der Waals surface area contributed by atoms with Gasteiger partial charge in [0.05, 0.1) is 10.8 Å². The molecule has 7 rings (SSSR count). The topological polar surface area (TPSA) is 81.4 Å². The summed E-state index contributed by atoms with van der Waals surface area (Å²) in [5.41, 5.74) is 0.840. The molecular weight excluding hydrogens is 448 g/mol. The summed E-state index contributed by atoms with van der Waals surface area (Å²) in [6, 6.07) is 9.80. The number of ether oxygens (including phenoxy) is 1. The van der Waals surface area contributed by atoms with Gasteiger partial charge in [-0.3, -0.25) is 9.00 Å². The Morgan fingerprint density at radius 1 is 1.03 bits per heavy atom. The standard InChI is InChI=1S/C27H34N2O4S/c30-25(28-27-14-19-11-20(15-27)13-21(12-19)16-27)23-24(34(31)22-9-5-2-6-10-22)26(29-33-23)32-17-18-7-3-1-4-8-18/h1,3-4,7-8,19-22H,2,5-6,9-17H2,(H,28,30). The fraction of sp³-hybridized carbons (Fsp3) is 0.630. The van der Waals surface area contributed by atoms with E-state index in [0.717, 1.165) is 68.3 Å². The van der Waals surface area contributed by atoms with Crippen molar-refractivity contribution in [3.8, 4) is 5.88 Å². The average Bonchev–Trinajstić information content (AvgIpc) is 3.26. The molecule has 1 amide bonds. The van der Waals surface area contributed by atoms with Crippen molar-refractivity contribution in [3.63, 3.8) is 0 Å². The molecule has 182 valence electrons. The molecule has 0 spiro atoms. The van der Waals surface area contributed by atoms with Gasteiger partial charge in [0.2, 0.25) is 5.76 Å². The predicted octanol–water partition coefficient (Wildman–Crippen LogP) is 5.39. The van der Waals surface area contributed by atoms with Gasteiger partial charge in [-0.15, -0.1) is 0 Å². The van der Waals surface area contributed by atoms with E-state index in [1.54, 1.807) is 0 Å². The van der Waals surface area contributed by atoms with Gasteiger partial charge in [-0.25, -0.2) is 0 Å². The minimum Gasteiger partial charge on any atom is -0.470 e. The van der Waals surface area contributed by atoms with Gasteiger partial charge in [-0.2, -0.15) is 0 Å². The van der Waals surface area contributed by atoms with Crippen LogP contribution in [0.1, 0.15) is 86.7 Å². The van der Waals surface area contributed by atoms with Crippen LogP contribution < -0.4 is 10.1 Å². The molecule has 34 heavy (non-hydrogen) atoms. The van der Waals surface area contributed by atoms with Crippen molar-refractivity contribution < 1.29 is 18.3 Å². The van der Waals surface area contributed by atoms with E-state index in [1.807, 2.05) is 30.3 Å². The second-order valence-corrected chi connectivity index (χ2v) is 12.8. The fourth-order valence-corrected chi connectivity index (χ4v) is 9.09. The molecule has 1 aromatic carbocycles. The summed E-state index contributed by atoms with van der Waals surface area (Å²) < 4.78 is 25.3. The number of nitrogens with zero attached hydrogens (tertiary/aromatic N) is 1. The lowest BCUT2D eigenvalue weighted by atomic mass is 9.53. The van der Waals surface area contributed by atoms with E-state index in [4.69, 9.17) is 9.26 Å². The van der Waals surface area contributed by atoms with Crippen LogP contribution in [0.25, 0.3) is 0 Å². The number of rotatable bonds is 7. The van der Waals surface area contributed by atoms with Gasteiger partial charge in [0.15, 0.2) is 4.90 Å². The molecule has 5 fully saturated rings. The van der Waals surface area contributed by atoms with E-state index < -0.39 is 10.8 Å². The zero-order valence-corrected chi connectivity index (χ0v) is 20.5. The first-order chi connectivity index (χ1) is 16.6. The van der Waals surface area contributed by atoms with E-state index >= 15 is 0 Å². The van der Waals surface area contributed by atoms with Crippen LogP contribution in [0.5, 0.6) is 5.88 Å². The van der Waals surface area contributed by atoms with Gasteiger partial charge < -0.3 is 14.6 Å². The Balaban J connectivity index is 1.26. The lowest BCUT2D eigenvalue weighted by molar-refractivity contribution is -0.0173. The highest BCUT2D eigenvalue weighted by Gasteiger charge is 2.52. The summed E-state index contributed by atoms with van der Waals surface area (Å²) in [6.07, 6.45) is 12.2. The van der Waals surface area contributed by atoms with Gasteiger partial charge in [-0.1, -0.05) is 49.6 Å². The first-order valence-electron chi connectivity index (χ1n) is 13.0. The summed E-state index contributed by atoms with van der Waals surface area (Å²) in [6.45, 7) is 0.290. The number of benzene rings is 1. The van der Waals surface area contributed by atoms with E-state index in [2.05, 4.69) is 10.5 Å². The average molecular weight is 483 g/mol. The van der Waals surface area contributed by atoms with Crippen LogP contribution >= 0.6 is 0 Å². The SMILES string of the molecule is O=C(NC12CC3CC(CC(C3)C1)C2)c1onc(OCc2ccccc2)c1S(=O)C1CCCCC1. The van der Waals surface area contributed by atoms with E-state index in [0.29, 0.717) is 4.90 Å². The second kappa shape index (κ2) is 9.14. The molecule has 1 N–H and O–H groups in total. The third-order valence-electron chi connectivity index (χ3n) is 8.52. The van der Waals surface area contributed by atoms with Gasteiger partial charge in [0, 0.05) is 10.8 Å². The summed E-state index contributed by atoms with van der Waals surface area (Å²) in [5.74, 6) is 2.18. The minimum atomic E-state index is -1.40. The Labute approximate surface area is 203 Å². The lowest BCUT2D eigenvalue weighted by Gasteiger charge is -2.56. The maximum Gasteiger partial charge on any atom is 0.291 e. The normalized spacial score (nSPS) is 31.4. The predicted molar refractivity (Wildman–Crippen MR) is 129 cm³/mol. The zero-order chi connectivity index (χ0) is 23.1. The third-order valence-corrected chi connectivity index (χ3v) is 10.4. The van der Waals surface area contributed by atoms with Crippen LogP contribution in [0.3, 0.4) is 0 Å². The molecule has 1 unspecified atom stereocenters. The van der Waals surface area contributed by atoms with Crippen molar-refractivity contribution in [2.45, 2.75) is 92.9 Å². The van der Waals surface area contributed by atoms with Gasteiger partial charge in [-0.05, 0) is 79.8 Å². The molecule has 6 nitrogen and oxygen atoms in total. The fourth-order valence-electron chi connectivity index (χ4n) is 7.41. The molecule has 5 aliphatic rings. The van der Waals surface area contributed by atoms with Gasteiger partial charge in [0.25, 0.3) is 11.8 Å². The molecule has 1 aromatic heterocycles. The zero-order valence-electron chi connectivity index (χ0n) is 19.7. The van der Waals surface area contributed by atoms with Crippen molar-refractivity contribution >= 4 is 16.7 Å². The quantitative estimate of drug-likeness (QED) is 0.572. The maximum atomic E-state index is 13.7. The molecule has 0 radical (unpaired) electrons. The Morgan fingerprint density at radius 3 is 2.32 bits per heavy atom. The van der Waals surface area contributed by atoms with Crippen molar-refractivity contribution in [3.05, 3.63) is 41.7 Å². The van der Waals surface area contributed by atoms with Crippen LogP contribution in [0.15, 0.2) is 39.8 Å². The molecule has 0 saturated heterocycles. The summed E-state index contributed by atoms with van der Waals surface area (Å²) in [5, 5.41) is 7.49. The number of hydrogen-bond donors (Lipinski definition) is 1. The first kappa shape index (κ1) is 22.3. The highest BCUT2D eigenvalue weighted by atomic mass is 32.2. The largest absolute Gasteiger partial charge is 0.470 e. The number of nitrogens with one attached hydrogen (secondary N) is 1. The van der Waals surface area contributed by atoms with Crippen molar-refractivity contribution in [2.75, 3.05) is 0 Å². The number of carbonyl (C=O) groups is 1. The highest BCUT2D eigenvalue weighted by Crippen LogP contribution is 2.55. The lowest BCUT2D eigenvalue weighted by Crippen LogP contribution is -2.59. The summed E-state index contributed by atoms with van der Waals surface area (Å²) >= 11 is 0. The van der Waals surface area contributed by atoms with Crippen LogP contribution in [-0.4, -0.2) is 26.1 Å². The van der Waals surface area contributed by atoms with Crippen LogP contribution in [0.4, 0.5) is 0 Å². The smallest absolute Gasteiger partial charge is 0.291 e. The highest BCUT2D eigenvalue weighted by molar-refractivity contribution is 7.85. The number of hydrogen-bond acceptors (Lipinski definition) is 5. The van der Waals surface area contributed by atoms with Crippen molar-refractivity contribution in [2.24, 2.45) is 17.8 Å². The number of carbonyl (C=O) groups excluding carboxylic acids is 1. The number of amides is 1. The number of aromatic nitrogens is 1. The molecule has 2 aromatic rings. The monoisotopic (exact) mass is 482 g/mol. The van der Waals surface area contributed by atoms with Crippen molar-refractivity contribution in [1.29, 1.82) is 0 Å². The van der Waals surface area contributed by atoms with E-state index in [-0.39, 0.29) is 34.9 Å². The molecule has 1 atom stereocenters. The Kier molecular flexibility index (Phi) is 6.00. The van der Waals surface area contributed by atoms with Crippen LogP contribution in [-0.2, 0) is 17.4 Å².